The van der Waals surface area contributed by atoms with E-state index in [4.69, 9.17) is 10.5 Å². The second kappa shape index (κ2) is 5.44. The van der Waals surface area contributed by atoms with Gasteiger partial charge in [0, 0.05) is 13.7 Å². The van der Waals surface area contributed by atoms with Gasteiger partial charge in [-0.05, 0) is 25.1 Å². The Morgan fingerprint density at radius 3 is 2.71 bits per heavy atom. The first-order valence-electron chi connectivity index (χ1n) is 4.94. The van der Waals surface area contributed by atoms with Gasteiger partial charge in [-0.1, -0.05) is 0 Å². The fourth-order valence-corrected chi connectivity index (χ4v) is 2.23. The summed E-state index contributed by atoms with van der Waals surface area (Å²) in [6.07, 6.45) is -0.248. The summed E-state index contributed by atoms with van der Waals surface area (Å²) in [5.74, 6) is -0.644. The van der Waals surface area contributed by atoms with Crippen LogP contribution in [-0.4, -0.2) is 28.2 Å². The quantitative estimate of drug-likeness (QED) is 0.766. The van der Waals surface area contributed by atoms with Crippen LogP contribution in [0, 0.1) is 5.82 Å². The first-order valence-corrected chi connectivity index (χ1v) is 6.42. The van der Waals surface area contributed by atoms with E-state index in [1.165, 1.54) is 7.11 Å². The summed E-state index contributed by atoms with van der Waals surface area (Å²) in [7, 11) is -2.20. The molecule has 0 aliphatic heterocycles. The highest BCUT2D eigenvalue weighted by atomic mass is 32.2. The Morgan fingerprint density at radius 1 is 1.53 bits per heavy atom. The van der Waals surface area contributed by atoms with E-state index < -0.39 is 15.8 Å². The molecule has 0 amide bonds. The minimum atomic E-state index is -3.68. The van der Waals surface area contributed by atoms with Gasteiger partial charge < -0.3 is 10.5 Å². The average molecular weight is 262 g/mol. The third kappa shape index (κ3) is 3.65. The molecule has 0 spiro atoms. The molecule has 1 aromatic rings. The molecule has 0 saturated carbocycles. The maximum atomic E-state index is 12.9. The average Bonchev–Trinajstić information content (AvgIpc) is 2.29. The first kappa shape index (κ1) is 13.9. The summed E-state index contributed by atoms with van der Waals surface area (Å²) in [5.41, 5.74) is 5.11. The molecule has 3 N–H and O–H groups in total. The number of hydrogen-bond acceptors (Lipinski definition) is 4. The van der Waals surface area contributed by atoms with Gasteiger partial charge in [-0.25, -0.2) is 17.5 Å². The van der Waals surface area contributed by atoms with Crippen LogP contribution in [0.5, 0.6) is 0 Å². The zero-order valence-electron chi connectivity index (χ0n) is 9.60. The van der Waals surface area contributed by atoms with Gasteiger partial charge >= 0.3 is 0 Å². The highest BCUT2D eigenvalue weighted by Crippen LogP contribution is 2.16. The lowest BCUT2D eigenvalue weighted by molar-refractivity contribution is 0.122. The first-order chi connectivity index (χ1) is 7.86. The lowest BCUT2D eigenvalue weighted by Gasteiger charge is -2.11. The topological polar surface area (TPSA) is 81.4 Å². The van der Waals surface area contributed by atoms with Crippen molar-refractivity contribution in [1.29, 1.82) is 0 Å². The minimum absolute atomic E-state index is 0.0697. The number of nitrogens with two attached hydrogens (primary N) is 1. The van der Waals surface area contributed by atoms with Crippen molar-refractivity contribution in [3.63, 3.8) is 0 Å². The van der Waals surface area contributed by atoms with E-state index in [0.29, 0.717) is 0 Å². The van der Waals surface area contributed by atoms with Gasteiger partial charge in [0.1, 0.15) is 5.82 Å². The van der Waals surface area contributed by atoms with Crippen LogP contribution in [0.3, 0.4) is 0 Å². The van der Waals surface area contributed by atoms with E-state index in [9.17, 15) is 12.8 Å². The monoisotopic (exact) mass is 262 g/mol. The number of methoxy groups -OCH3 is 1. The Kier molecular flexibility index (Phi) is 4.44. The molecule has 96 valence electrons. The predicted octanol–water partition coefficient (Wildman–Crippen LogP) is 0.721. The lowest BCUT2D eigenvalue weighted by atomic mass is 10.3. The summed E-state index contributed by atoms with van der Waals surface area (Å²) in [4.78, 5) is -0.0697. The second-order valence-electron chi connectivity index (χ2n) is 3.58. The van der Waals surface area contributed by atoms with E-state index in [2.05, 4.69) is 4.72 Å². The van der Waals surface area contributed by atoms with Crippen molar-refractivity contribution in [2.45, 2.75) is 17.9 Å². The molecule has 17 heavy (non-hydrogen) atoms. The number of ether oxygens (including phenoxy) is 1. The third-order valence-electron chi connectivity index (χ3n) is 2.24. The van der Waals surface area contributed by atoms with Crippen LogP contribution >= 0.6 is 0 Å². The molecule has 0 bridgehead atoms. The van der Waals surface area contributed by atoms with Crippen LogP contribution in [0.2, 0.25) is 0 Å². The van der Waals surface area contributed by atoms with Gasteiger partial charge in [-0.2, -0.15) is 0 Å². The molecule has 0 heterocycles. The van der Waals surface area contributed by atoms with Crippen molar-refractivity contribution < 1.29 is 17.5 Å². The predicted molar refractivity (Wildman–Crippen MR) is 62.5 cm³/mol. The maximum Gasteiger partial charge on any atom is 0.240 e. The molecular formula is C10H15FN2O3S. The van der Waals surface area contributed by atoms with Crippen molar-refractivity contribution in [3.05, 3.63) is 24.0 Å². The maximum absolute atomic E-state index is 12.9. The molecule has 7 heteroatoms. The molecule has 0 radical (unpaired) electrons. The van der Waals surface area contributed by atoms with Gasteiger partial charge in [0.05, 0.1) is 16.7 Å². The Hall–Kier alpha value is -1.18. The van der Waals surface area contributed by atoms with Gasteiger partial charge in [0.25, 0.3) is 0 Å². The molecule has 5 nitrogen and oxygen atoms in total. The van der Waals surface area contributed by atoms with Crippen LogP contribution in [0.1, 0.15) is 6.92 Å². The van der Waals surface area contributed by atoms with Crippen molar-refractivity contribution >= 4 is 15.7 Å². The van der Waals surface area contributed by atoms with E-state index in [1.807, 2.05) is 0 Å². The molecule has 1 aromatic carbocycles. The normalized spacial score (nSPS) is 13.6. The van der Waals surface area contributed by atoms with E-state index in [-0.39, 0.29) is 23.2 Å². The van der Waals surface area contributed by atoms with Crippen molar-refractivity contribution in [1.82, 2.24) is 4.72 Å². The highest BCUT2D eigenvalue weighted by Gasteiger charge is 2.16. The zero-order chi connectivity index (χ0) is 13.1. The zero-order valence-corrected chi connectivity index (χ0v) is 10.4. The van der Waals surface area contributed by atoms with E-state index in [1.54, 1.807) is 6.92 Å². The number of hydrogen-bond donors (Lipinski definition) is 2. The van der Waals surface area contributed by atoms with Crippen LogP contribution in [0.4, 0.5) is 10.1 Å². The Labute approximate surface area is 99.8 Å². The number of nitrogens with one attached hydrogen (secondary N) is 1. The van der Waals surface area contributed by atoms with Crippen LogP contribution in [-0.2, 0) is 14.8 Å². The lowest BCUT2D eigenvalue weighted by Crippen LogP contribution is -2.31. The Bertz CT molecular complexity index is 490. The molecule has 0 aliphatic rings. The molecule has 1 rings (SSSR count). The minimum Gasteiger partial charge on any atom is -0.396 e. The number of nitrogen functional groups attached to an aromatic ring is 1. The second-order valence-corrected chi connectivity index (χ2v) is 5.35. The van der Waals surface area contributed by atoms with Crippen LogP contribution in [0.15, 0.2) is 23.1 Å². The summed E-state index contributed by atoms with van der Waals surface area (Å²) in [6.45, 7) is 1.86. The highest BCUT2D eigenvalue weighted by molar-refractivity contribution is 7.89. The number of halogens is 1. The summed E-state index contributed by atoms with van der Waals surface area (Å²) in [6, 6.07) is 3.25. The third-order valence-corrected chi connectivity index (χ3v) is 3.66. The van der Waals surface area contributed by atoms with Gasteiger partial charge in [0.2, 0.25) is 10.0 Å². The molecule has 0 aromatic heterocycles. The SMILES string of the molecule is COC(C)CNS(=O)(=O)c1ccc(F)c(N)c1. The fourth-order valence-electron chi connectivity index (χ4n) is 1.08. The van der Waals surface area contributed by atoms with Gasteiger partial charge in [-0.3, -0.25) is 0 Å². The molecule has 0 aliphatic carbocycles. The number of sulfonamides is 1. The summed E-state index contributed by atoms with van der Waals surface area (Å²) in [5, 5.41) is 0. The molecular weight excluding hydrogens is 247 g/mol. The molecule has 1 atom stereocenters. The molecule has 1 unspecified atom stereocenters. The Morgan fingerprint density at radius 2 is 2.18 bits per heavy atom. The Balaban J connectivity index is 2.86. The van der Waals surface area contributed by atoms with Crippen molar-refractivity contribution in [2.24, 2.45) is 0 Å². The molecule has 0 saturated heterocycles. The smallest absolute Gasteiger partial charge is 0.240 e. The number of rotatable bonds is 5. The molecule has 0 fully saturated rings. The number of benzene rings is 1. The van der Waals surface area contributed by atoms with Crippen molar-refractivity contribution in [3.8, 4) is 0 Å². The standard InChI is InChI=1S/C10H15FN2O3S/c1-7(16-2)6-13-17(14,15)8-3-4-9(11)10(12)5-8/h3-5,7,13H,6,12H2,1-2H3. The van der Waals surface area contributed by atoms with Crippen LogP contribution < -0.4 is 10.5 Å². The van der Waals surface area contributed by atoms with Gasteiger partial charge in [-0.15, -0.1) is 0 Å². The van der Waals surface area contributed by atoms with Gasteiger partial charge in [0.15, 0.2) is 0 Å². The van der Waals surface area contributed by atoms with E-state index in [0.717, 1.165) is 18.2 Å². The van der Waals surface area contributed by atoms with E-state index >= 15 is 0 Å². The summed E-state index contributed by atoms with van der Waals surface area (Å²) >= 11 is 0. The fraction of sp³-hybridized carbons (Fsp3) is 0.400. The number of anilines is 1. The summed E-state index contributed by atoms with van der Waals surface area (Å²) < 4.78 is 43.7. The largest absolute Gasteiger partial charge is 0.396 e. The van der Waals surface area contributed by atoms with Crippen LogP contribution in [0.25, 0.3) is 0 Å². The van der Waals surface area contributed by atoms with Crippen molar-refractivity contribution in [2.75, 3.05) is 19.4 Å².